The molecular weight excluding hydrogens is 657 g/mol. The first-order valence-corrected chi connectivity index (χ1v) is 17.0. The molecule has 2 aromatic carbocycles. The third-order valence-electron chi connectivity index (χ3n) is 11.1. The lowest BCUT2D eigenvalue weighted by molar-refractivity contribution is -0.121. The maximum Gasteiger partial charge on any atom is 0.156 e. The van der Waals surface area contributed by atoms with E-state index >= 15 is 0 Å². The van der Waals surface area contributed by atoms with E-state index in [4.69, 9.17) is 23.2 Å². The van der Waals surface area contributed by atoms with E-state index in [1.54, 1.807) is 24.6 Å². The fourth-order valence-electron chi connectivity index (χ4n) is 8.14. The lowest BCUT2D eigenvalue weighted by Gasteiger charge is -2.49. The average molecular weight is 694 g/mol. The van der Waals surface area contributed by atoms with Gasteiger partial charge in [-0.3, -0.25) is 9.98 Å². The number of rotatable bonds is 3. The molecule has 1 N–H and O–H groups in total. The maximum absolute atomic E-state index is 14.6. The van der Waals surface area contributed by atoms with Crippen molar-refractivity contribution in [2.24, 2.45) is 32.7 Å². The van der Waals surface area contributed by atoms with Gasteiger partial charge in [-0.1, -0.05) is 23.2 Å². The summed E-state index contributed by atoms with van der Waals surface area (Å²) in [7, 11) is 0. The molecule has 6 saturated carbocycles. The van der Waals surface area contributed by atoms with E-state index in [0.717, 1.165) is 72.6 Å². The minimum absolute atomic E-state index is 0.0945. The molecule has 4 bridgehead atoms. The minimum Gasteiger partial charge on any atom is -0.388 e. The van der Waals surface area contributed by atoms with E-state index in [1.807, 2.05) is 0 Å². The number of fused-ring (bicyclic) bond motifs is 8. The zero-order chi connectivity index (χ0) is 30.4. The Morgan fingerprint density at radius 2 is 1.28 bits per heavy atom. The highest BCUT2D eigenvalue weighted by Crippen LogP contribution is 2.57. The number of carbonyl (C=O) groups excluding carboxylic acids is 1. The number of carbonyl (C=O) groups is 1. The molecule has 2 aromatic rings. The quantitative estimate of drug-likeness (QED) is 0.257. The second-order valence-corrected chi connectivity index (χ2v) is 15.0. The van der Waals surface area contributed by atoms with Crippen LogP contribution in [0.25, 0.3) is 0 Å². The van der Waals surface area contributed by atoms with Crippen LogP contribution in [0.1, 0.15) is 111 Å². The van der Waals surface area contributed by atoms with Crippen LogP contribution in [0.3, 0.4) is 0 Å². The summed E-state index contributed by atoms with van der Waals surface area (Å²) in [4.78, 5) is 19.0. The highest BCUT2D eigenvalue weighted by Gasteiger charge is 2.47. The summed E-state index contributed by atoms with van der Waals surface area (Å²) >= 11 is 14.8. The Balaban J connectivity index is 0.000000126. The van der Waals surface area contributed by atoms with Crippen molar-refractivity contribution in [3.8, 4) is 0 Å². The summed E-state index contributed by atoms with van der Waals surface area (Å²) in [5.41, 5.74) is 3.86. The Kier molecular flexibility index (Phi) is 9.19. The predicted molar refractivity (Wildman–Crippen MR) is 171 cm³/mol. The summed E-state index contributed by atoms with van der Waals surface area (Å²) in [5, 5.41) is 11.3. The lowest BCUT2D eigenvalue weighted by atomic mass is 9.57. The van der Waals surface area contributed by atoms with Gasteiger partial charge >= 0.3 is 0 Å². The van der Waals surface area contributed by atoms with E-state index in [1.165, 1.54) is 44.8 Å². The molecule has 6 fully saturated rings. The van der Waals surface area contributed by atoms with Crippen molar-refractivity contribution in [3.63, 3.8) is 0 Å². The van der Waals surface area contributed by atoms with Crippen molar-refractivity contribution in [2.45, 2.75) is 96.2 Å². The molecule has 2 aliphatic heterocycles. The van der Waals surface area contributed by atoms with Gasteiger partial charge in [0.05, 0.1) is 33.7 Å². The van der Waals surface area contributed by atoms with Crippen LogP contribution >= 0.6 is 39.1 Å². The predicted octanol–water partition coefficient (Wildman–Crippen LogP) is 9.75. The third kappa shape index (κ3) is 6.01. The van der Waals surface area contributed by atoms with Crippen LogP contribution in [0.4, 0.5) is 8.78 Å². The van der Waals surface area contributed by atoms with Gasteiger partial charge in [-0.05, 0) is 134 Å². The first-order chi connectivity index (χ1) is 20.7. The number of hydrogen-bond donors (Lipinski definition) is 1. The molecule has 10 rings (SSSR count). The number of aliphatic hydroxyl groups excluding tert-OH is 1. The van der Waals surface area contributed by atoms with Crippen LogP contribution in [0.15, 0.2) is 26.6 Å². The third-order valence-corrected chi connectivity index (χ3v) is 12.4. The van der Waals surface area contributed by atoms with E-state index < -0.39 is 17.7 Å². The fourth-order valence-corrected chi connectivity index (χ4v) is 9.25. The first-order valence-electron chi connectivity index (χ1n) is 15.5. The normalized spacial score (nSPS) is 29.7. The summed E-state index contributed by atoms with van der Waals surface area (Å²) in [5.74, 6) is 0.940. The number of hydrogen-bond acceptors (Lipinski definition) is 4. The number of aldehydes is 1. The van der Waals surface area contributed by atoms with Crippen LogP contribution in [-0.4, -0.2) is 23.8 Å². The van der Waals surface area contributed by atoms with Gasteiger partial charge in [-0.2, -0.15) is 0 Å². The standard InChI is InChI=1S/C17H19ClFNO.C9H14O.C8H4BrClFN/c18-13-7-11-8-20-9-12(11)14(15(13)19)16(21)17-4-1-10(2-5-17)3-6-17;10-7-9-4-1-8(2-5-9)3-6-9;9-7-5-3-12-2-4(5)1-6(10)8(7)11/h7-8,10,16,21H,1-6,9H2;7-8H,1-6H2;1-2H,3H2. The van der Waals surface area contributed by atoms with Gasteiger partial charge in [-0.25, -0.2) is 8.78 Å². The maximum atomic E-state index is 14.6. The number of aliphatic hydroxyl groups is 1. The Morgan fingerprint density at radius 3 is 1.79 bits per heavy atom. The van der Waals surface area contributed by atoms with Crippen LogP contribution in [0, 0.1) is 34.3 Å². The van der Waals surface area contributed by atoms with E-state index in [2.05, 4.69) is 25.9 Å². The Hall–Kier alpha value is -1.67. The number of nitrogens with zero attached hydrogens (tertiary/aromatic N) is 2. The lowest BCUT2D eigenvalue weighted by Crippen LogP contribution is -2.39. The van der Waals surface area contributed by atoms with Gasteiger partial charge in [0.1, 0.15) is 12.1 Å². The molecule has 1 unspecified atom stereocenters. The van der Waals surface area contributed by atoms with Crippen LogP contribution < -0.4 is 0 Å². The molecule has 9 heteroatoms. The molecule has 230 valence electrons. The van der Waals surface area contributed by atoms with Crippen molar-refractivity contribution >= 4 is 57.8 Å². The van der Waals surface area contributed by atoms with Gasteiger partial charge in [0.25, 0.3) is 0 Å². The van der Waals surface area contributed by atoms with Gasteiger partial charge < -0.3 is 9.90 Å². The second kappa shape index (κ2) is 12.6. The molecule has 0 saturated heterocycles. The van der Waals surface area contributed by atoms with E-state index in [0.29, 0.717) is 23.1 Å². The van der Waals surface area contributed by atoms with Gasteiger partial charge in [0.15, 0.2) is 5.82 Å². The molecule has 0 amide bonds. The zero-order valence-electron chi connectivity index (χ0n) is 24.2. The van der Waals surface area contributed by atoms with Crippen molar-refractivity contribution < 1.29 is 18.7 Å². The van der Waals surface area contributed by atoms with Gasteiger partial charge in [0, 0.05) is 34.4 Å². The number of halogens is 5. The first kappa shape index (κ1) is 31.3. The Labute approximate surface area is 270 Å². The van der Waals surface area contributed by atoms with Crippen molar-refractivity contribution in [3.05, 3.63) is 66.1 Å². The molecule has 6 aliphatic carbocycles. The highest BCUT2D eigenvalue weighted by atomic mass is 79.9. The van der Waals surface area contributed by atoms with Crippen molar-refractivity contribution in [1.82, 2.24) is 0 Å². The smallest absolute Gasteiger partial charge is 0.156 e. The Bertz CT molecular complexity index is 1440. The summed E-state index contributed by atoms with van der Waals surface area (Å²) in [6.45, 7) is 0.985. The van der Waals surface area contributed by atoms with Crippen LogP contribution in [-0.2, 0) is 17.9 Å². The monoisotopic (exact) mass is 692 g/mol. The molecule has 43 heavy (non-hydrogen) atoms. The number of aliphatic imine (C=N–C) groups is 2. The molecule has 8 aliphatic rings. The number of benzene rings is 2. The largest absolute Gasteiger partial charge is 0.388 e. The second-order valence-electron chi connectivity index (χ2n) is 13.4. The minimum atomic E-state index is -0.757. The summed E-state index contributed by atoms with van der Waals surface area (Å²) < 4.78 is 28.2. The molecule has 1 atom stereocenters. The van der Waals surface area contributed by atoms with Gasteiger partial charge in [0.2, 0.25) is 0 Å². The van der Waals surface area contributed by atoms with Crippen LogP contribution in [0.5, 0.6) is 0 Å². The summed E-state index contributed by atoms with van der Waals surface area (Å²) in [6.07, 6.45) is 17.9. The van der Waals surface area contributed by atoms with E-state index in [-0.39, 0.29) is 20.9 Å². The zero-order valence-corrected chi connectivity index (χ0v) is 27.3. The SMILES string of the molecule is Fc1c(Cl)cc2c(c1Br)CN=C2.O=CC12CCC(CC1)CC2.OC(c1c(F)c(Cl)cc2c1CN=C2)C12CCC(CC1)CC2. The molecule has 0 spiro atoms. The molecule has 4 nitrogen and oxygen atoms in total. The van der Waals surface area contributed by atoms with E-state index in [9.17, 15) is 18.7 Å². The van der Waals surface area contributed by atoms with Crippen LogP contribution in [0.2, 0.25) is 10.0 Å². The van der Waals surface area contributed by atoms with Gasteiger partial charge in [-0.15, -0.1) is 0 Å². The molecule has 2 heterocycles. The molecule has 0 aromatic heterocycles. The Morgan fingerprint density at radius 1 is 0.814 bits per heavy atom. The molecular formula is C34H37BrCl2F2N2O2. The van der Waals surface area contributed by atoms with Crippen molar-refractivity contribution in [2.75, 3.05) is 0 Å². The topological polar surface area (TPSA) is 62.0 Å². The fraction of sp³-hybridized carbons (Fsp3) is 0.559. The highest BCUT2D eigenvalue weighted by molar-refractivity contribution is 9.10. The van der Waals surface area contributed by atoms with Crippen molar-refractivity contribution in [1.29, 1.82) is 0 Å². The average Bonchev–Trinajstić information content (AvgIpc) is 3.72. The molecule has 0 radical (unpaired) electrons. The summed E-state index contributed by atoms with van der Waals surface area (Å²) in [6, 6.07) is 3.21.